The van der Waals surface area contributed by atoms with Gasteiger partial charge in [0.2, 0.25) is 0 Å². The minimum atomic E-state index is -0.859. The highest BCUT2D eigenvalue weighted by molar-refractivity contribution is 4.96. The third-order valence-corrected chi connectivity index (χ3v) is 2.20. The fourth-order valence-corrected chi connectivity index (χ4v) is 1.35. The zero-order chi connectivity index (χ0) is 7.72. The fraction of sp³-hybridized carbons (Fsp3) is 1.00. The molecule has 1 aliphatic rings. The molecule has 10 heavy (non-hydrogen) atoms. The lowest BCUT2D eigenvalue weighted by Crippen LogP contribution is -2.58. The molecular formula is C6H12O4. The lowest BCUT2D eigenvalue weighted by molar-refractivity contribution is -0.178. The van der Waals surface area contributed by atoms with Crippen molar-refractivity contribution in [1.82, 2.24) is 0 Å². The molecule has 0 aliphatic heterocycles. The second kappa shape index (κ2) is 2.84. The van der Waals surface area contributed by atoms with Crippen LogP contribution in [0.4, 0.5) is 0 Å². The van der Waals surface area contributed by atoms with Crippen molar-refractivity contribution in [2.24, 2.45) is 11.8 Å². The topological polar surface area (TPSA) is 80.9 Å². The molecule has 0 aromatic carbocycles. The Morgan fingerprint density at radius 1 is 0.800 bits per heavy atom. The molecule has 0 aromatic heterocycles. The number of rotatable bonds is 2. The summed E-state index contributed by atoms with van der Waals surface area (Å²) in [6.45, 7) is -0.354. The minimum absolute atomic E-state index is 0.177. The van der Waals surface area contributed by atoms with Gasteiger partial charge in [-0.05, 0) is 0 Å². The first-order chi connectivity index (χ1) is 4.72. The molecule has 1 rings (SSSR count). The monoisotopic (exact) mass is 148 g/mol. The van der Waals surface area contributed by atoms with Gasteiger partial charge in [0, 0.05) is 25.0 Å². The average Bonchev–Trinajstić information content (AvgIpc) is 1.97. The average molecular weight is 148 g/mol. The van der Waals surface area contributed by atoms with Crippen LogP contribution >= 0.6 is 0 Å². The highest BCUT2D eigenvalue weighted by Crippen LogP contribution is 2.34. The van der Waals surface area contributed by atoms with E-state index >= 15 is 0 Å². The molecule has 4 unspecified atom stereocenters. The van der Waals surface area contributed by atoms with Gasteiger partial charge in [-0.3, -0.25) is 0 Å². The smallest absolute Gasteiger partial charge is 0.0857 e. The molecule has 0 saturated heterocycles. The van der Waals surface area contributed by atoms with Crippen molar-refractivity contribution in [2.75, 3.05) is 13.2 Å². The van der Waals surface area contributed by atoms with Crippen LogP contribution in [-0.2, 0) is 0 Å². The maximum Gasteiger partial charge on any atom is 0.0857 e. The van der Waals surface area contributed by atoms with Crippen LogP contribution in [0.3, 0.4) is 0 Å². The Bertz CT molecular complexity index is 102. The van der Waals surface area contributed by atoms with Crippen molar-refractivity contribution in [3.63, 3.8) is 0 Å². The first-order valence-electron chi connectivity index (χ1n) is 3.30. The van der Waals surface area contributed by atoms with Gasteiger partial charge in [0.05, 0.1) is 12.2 Å². The standard InChI is InChI=1S/C6H12O4/c7-1-3-4(2-8)6(10)5(3)9/h3-10H,1-2H2. The SMILES string of the molecule is OCC1C(O)C(O)C1CO. The minimum Gasteiger partial charge on any atom is -0.396 e. The maximum atomic E-state index is 8.96. The van der Waals surface area contributed by atoms with Gasteiger partial charge in [-0.15, -0.1) is 0 Å². The van der Waals surface area contributed by atoms with E-state index in [1.54, 1.807) is 0 Å². The van der Waals surface area contributed by atoms with Gasteiger partial charge in [-0.25, -0.2) is 0 Å². The largest absolute Gasteiger partial charge is 0.396 e. The van der Waals surface area contributed by atoms with Crippen LogP contribution in [0.1, 0.15) is 0 Å². The molecule has 4 heteroatoms. The van der Waals surface area contributed by atoms with Crippen LogP contribution < -0.4 is 0 Å². The van der Waals surface area contributed by atoms with E-state index in [0.717, 1.165) is 0 Å². The summed E-state index contributed by atoms with van der Waals surface area (Å²) in [5.41, 5.74) is 0. The van der Waals surface area contributed by atoms with Crippen LogP contribution in [0.15, 0.2) is 0 Å². The maximum absolute atomic E-state index is 8.96. The summed E-state index contributed by atoms with van der Waals surface area (Å²) in [4.78, 5) is 0. The van der Waals surface area contributed by atoms with Crippen LogP contribution in [0.5, 0.6) is 0 Å². The van der Waals surface area contributed by atoms with Crippen molar-refractivity contribution >= 4 is 0 Å². The molecule has 0 amide bonds. The van der Waals surface area contributed by atoms with Crippen molar-refractivity contribution < 1.29 is 20.4 Å². The molecule has 0 radical (unpaired) electrons. The molecule has 4 atom stereocenters. The molecule has 60 valence electrons. The lowest BCUT2D eigenvalue weighted by Gasteiger charge is -2.44. The van der Waals surface area contributed by atoms with Gasteiger partial charge in [-0.2, -0.15) is 0 Å². The fourth-order valence-electron chi connectivity index (χ4n) is 1.35. The van der Waals surface area contributed by atoms with Crippen molar-refractivity contribution in [3.05, 3.63) is 0 Å². The second-order valence-corrected chi connectivity index (χ2v) is 2.67. The zero-order valence-electron chi connectivity index (χ0n) is 5.51. The van der Waals surface area contributed by atoms with Gasteiger partial charge in [0.25, 0.3) is 0 Å². The third-order valence-electron chi connectivity index (χ3n) is 2.20. The Morgan fingerprint density at radius 2 is 1.10 bits per heavy atom. The Labute approximate surface area is 58.7 Å². The summed E-state index contributed by atoms with van der Waals surface area (Å²) in [5.74, 6) is -0.694. The first kappa shape index (κ1) is 7.94. The van der Waals surface area contributed by atoms with Gasteiger partial charge in [0.15, 0.2) is 0 Å². The molecule has 4 N–H and O–H groups in total. The quantitative estimate of drug-likeness (QED) is 0.363. The molecule has 1 fully saturated rings. The Morgan fingerprint density at radius 3 is 1.30 bits per heavy atom. The summed E-state index contributed by atoms with van der Waals surface area (Å²) in [7, 11) is 0. The molecule has 1 saturated carbocycles. The van der Waals surface area contributed by atoms with Crippen LogP contribution in [-0.4, -0.2) is 45.8 Å². The van der Waals surface area contributed by atoms with E-state index in [2.05, 4.69) is 0 Å². The lowest BCUT2D eigenvalue weighted by atomic mass is 9.69. The zero-order valence-corrected chi connectivity index (χ0v) is 5.51. The molecule has 0 heterocycles. The van der Waals surface area contributed by atoms with Crippen molar-refractivity contribution in [1.29, 1.82) is 0 Å². The van der Waals surface area contributed by atoms with E-state index in [1.165, 1.54) is 0 Å². The van der Waals surface area contributed by atoms with Crippen LogP contribution in [0.2, 0.25) is 0 Å². The normalized spacial score (nSPS) is 46.8. The highest BCUT2D eigenvalue weighted by Gasteiger charge is 2.47. The van der Waals surface area contributed by atoms with E-state index in [1.807, 2.05) is 0 Å². The molecule has 0 bridgehead atoms. The summed E-state index contributed by atoms with van der Waals surface area (Å²) >= 11 is 0. The molecule has 4 nitrogen and oxygen atoms in total. The Kier molecular flexibility index (Phi) is 2.25. The Hall–Kier alpha value is -0.160. The summed E-state index contributed by atoms with van der Waals surface area (Å²) < 4.78 is 0. The summed E-state index contributed by atoms with van der Waals surface area (Å²) in [6, 6.07) is 0. The number of hydrogen-bond donors (Lipinski definition) is 4. The second-order valence-electron chi connectivity index (χ2n) is 2.67. The Balaban J connectivity index is 2.44. The van der Waals surface area contributed by atoms with E-state index in [-0.39, 0.29) is 25.0 Å². The van der Waals surface area contributed by atoms with E-state index in [4.69, 9.17) is 20.4 Å². The van der Waals surface area contributed by atoms with E-state index < -0.39 is 12.2 Å². The summed E-state index contributed by atoms with van der Waals surface area (Å²) in [5, 5.41) is 35.1. The summed E-state index contributed by atoms with van der Waals surface area (Å²) in [6.07, 6.45) is -1.72. The number of aliphatic hydroxyl groups is 4. The van der Waals surface area contributed by atoms with Crippen molar-refractivity contribution in [2.45, 2.75) is 12.2 Å². The number of aliphatic hydroxyl groups excluding tert-OH is 4. The van der Waals surface area contributed by atoms with Crippen LogP contribution in [0.25, 0.3) is 0 Å². The predicted molar refractivity (Wildman–Crippen MR) is 33.2 cm³/mol. The van der Waals surface area contributed by atoms with E-state index in [9.17, 15) is 0 Å². The van der Waals surface area contributed by atoms with Gasteiger partial charge in [0.1, 0.15) is 0 Å². The molecule has 0 spiro atoms. The third kappa shape index (κ3) is 0.932. The van der Waals surface area contributed by atoms with Gasteiger partial charge < -0.3 is 20.4 Å². The first-order valence-corrected chi connectivity index (χ1v) is 3.30. The van der Waals surface area contributed by atoms with Crippen LogP contribution in [0, 0.1) is 11.8 Å². The van der Waals surface area contributed by atoms with Crippen molar-refractivity contribution in [3.8, 4) is 0 Å². The number of hydrogen-bond acceptors (Lipinski definition) is 4. The highest BCUT2D eigenvalue weighted by atomic mass is 16.3. The van der Waals surface area contributed by atoms with Gasteiger partial charge in [-0.1, -0.05) is 0 Å². The molecular weight excluding hydrogens is 136 g/mol. The molecule has 1 aliphatic carbocycles. The van der Waals surface area contributed by atoms with E-state index in [0.29, 0.717) is 0 Å². The van der Waals surface area contributed by atoms with Gasteiger partial charge >= 0.3 is 0 Å². The predicted octanol–water partition coefficient (Wildman–Crippen LogP) is -2.06. The molecule has 0 aromatic rings.